The first-order valence-corrected chi connectivity index (χ1v) is 5.78. The van der Waals surface area contributed by atoms with E-state index in [1.165, 1.54) is 0 Å². The van der Waals surface area contributed by atoms with E-state index in [1.807, 2.05) is 12.1 Å². The molecule has 1 aromatic carbocycles. The van der Waals surface area contributed by atoms with E-state index in [0.717, 1.165) is 0 Å². The van der Waals surface area contributed by atoms with Gasteiger partial charge in [0.2, 0.25) is 0 Å². The van der Waals surface area contributed by atoms with Crippen molar-refractivity contribution in [3.05, 3.63) is 60.1 Å². The van der Waals surface area contributed by atoms with Gasteiger partial charge in [0.1, 0.15) is 19.3 Å². The second-order valence-electron chi connectivity index (χ2n) is 4.03. The van der Waals surface area contributed by atoms with E-state index in [9.17, 15) is 0 Å². The Kier molecular flexibility index (Phi) is 3.58. The molecule has 4 heteroatoms. The fraction of sp³-hybridized carbons (Fsp3) is 0.133. The van der Waals surface area contributed by atoms with Gasteiger partial charge in [-0.05, 0) is 17.7 Å². The van der Waals surface area contributed by atoms with Crippen LogP contribution in [-0.4, -0.2) is 13.2 Å². The van der Waals surface area contributed by atoms with Crippen LogP contribution < -0.4 is 5.73 Å². The summed E-state index contributed by atoms with van der Waals surface area (Å²) in [5, 5.41) is 8.95. The largest absolute Gasteiger partial charge is 0.487 e. The lowest BCUT2D eigenvalue weighted by Crippen LogP contribution is -2.13. The summed E-state index contributed by atoms with van der Waals surface area (Å²) in [7, 11) is 0. The zero-order valence-electron chi connectivity index (χ0n) is 10.5. The molecular weight excluding hydrogens is 240 g/mol. The molecule has 0 amide bonds. The second kappa shape index (κ2) is 5.32. The van der Waals surface area contributed by atoms with Crippen LogP contribution >= 0.6 is 0 Å². The van der Waals surface area contributed by atoms with Gasteiger partial charge in [-0.1, -0.05) is 25.3 Å². The minimum absolute atomic E-state index is 0.411. The van der Waals surface area contributed by atoms with Crippen LogP contribution in [0.1, 0.15) is 11.1 Å². The van der Waals surface area contributed by atoms with Crippen molar-refractivity contribution in [2.24, 2.45) is 0 Å². The van der Waals surface area contributed by atoms with Gasteiger partial charge in [-0.3, -0.25) is 0 Å². The van der Waals surface area contributed by atoms with Crippen LogP contribution in [0.5, 0.6) is 0 Å². The summed E-state index contributed by atoms with van der Waals surface area (Å²) in [5.41, 5.74) is 8.12. The molecule has 0 spiro atoms. The van der Waals surface area contributed by atoms with Crippen LogP contribution in [0.25, 0.3) is 5.57 Å². The number of para-hydroxylation sites is 1. The molecule has 1 aliphatic rings. The zero-order chi connectivity index (χ0) is 13.8. The van der Waals surface area contributed by atoms with Gasteiger partial charge in [0.25, 0.3) is 0 Å². The third kappa shape index (κ3) is 2.61. The van der Waals surface area contributed by atoms with E-state index < -0.39 is 0 Å². The Morgan fingerprint density at radius 1 is 1.37 bits per heavy atom. The van der Waals surface area contributed by atoms with Crippen molar-refractivity contribution in [2.45, 2.75) is 0 Å². The first-order chi connectivity index (χ1) is 9.13. The van der Waals surface area contributed by atoms with Crippen LogP contribution in [0.4, 0.5) is 5.69 Å². The topological polar surface area (TPSA) is 68.3 Å². The minimum atomic E-state index is 0.411. The van der Waals surface area contributed by atoms with Gasteiger partial charge in [-0.25, -0.2) is 0 Å². The number of hydrogen-bond acceptors (Lipinski definition) is 4. The molecule has 1 heterocycles. The lowest BCUT2D eigenvalue weighted by atomic mass is 10.0. The Hall–Kier alpha value is -2.67. The number of nitriles is 1. The van der Waals surface area contributed by atoms with Crippen LogP contribution in [0.3, 0.4) is 0 Å². The number of ether oxygens (including phenoxy) is 2. The van der Waals surface area contributed by atoms with E-state index in [0.29, 0.717) is 47.1 Å². The molecule has 1 aliphatic heterocycles. The van der Waals surface area contributed by atoms with Crippen molar-refractivity contribution >= 4 is 11.3 Å². The van der Waals surface area contributed by atoms with Crippen molar-refractivity contribution < 1.29 is 9.47 Å². The van der Waals surface area contributed by atoms with Crippen LogP contribution in [0.15, 0.2) is 49.0 Å². The van der Waals surface area contributed by atoms with Crippen molar-refractivity contribution in [3.8, 4) is 6.07 Å². The number of nitrogens with two attached hydrogens (primary N) is 1. The lowest BCUT2D eigenvalue weighted by molar-refractivity contribution is 0.0607. The Morgan fingerprint density at radius 3 is 2.79 bits per heavy atom. The van der Waals surface area contributed by atoms with Gasteiger partial charge < -0.3 is 15.2 Å². The molecule has 1 aromatic rings. The molecule has 0 unspecified atom stereocenters. The fourth-order valence-corrected chi connectivity index (χ4v) is 1.77. The van der Waals surface area contributed by atoms with Crippen molar-refractivity contribution in [2.75, 3.05) is 18.9 Å². The maximum absolute atomic E-state index is 8.95. The molecule has 0 atom stereocenters. The fourth-order valence-electron chi connectivity index (χ4n) is 1.77. The van der Waals surface area contributed by atoms with E-state index in [1.54, 1.807) is 18.2 Å². The number of rotatable bonds is 2. The summed E-state index contributed by atoms with van der Waals surface area (Å²) in [6, 6.07) is 7.28. The molecule has 0 aliphatic carbocycles. The van der Waals surface area contributed by atoms with Crippen molar-refractivity contribution in [1.29, 1.82) is 5.26 Å². The molecule has 1 fully saturated rings. The molecule has 19 heavy (non-hydrogen) atoms. The molecule has 96 valence electrons. The number of hydrogen-bond donors (Lipinski definition) is 1. The van der Waals surface area contributed by atoms with E-state index >= 15 is 0 Å². The molecular formula is C15H14N2O2. The van der Waals surface area contributed by atoms with Gasteiger partial charge in [0, 0.05) is 5.56 Å². The van der Waals surface area contributed by atoms with Crippen molar-refractivity contribution in [1.82, 2.24) is 0 Å². The molecule has 2 rings (SSSR count). The maximum atomic E-state index is 8.95. The summed E-state index contributed by atoms with van der Waals surface area (Å²) in [4.78, 5) is 0. The van der Waals surface area contributed by atoms with Crippen LogP contribution in [-0.2, 0) is 9.47 Å². The van der Waals surface area contributed by atoms with Crippen LogP contribution in [0, 0.1) is 11.3 Å². The van der Waals surface area contributed by atoms with Gasteiger partial charge in [0.05, 0.1) is 11.3 Å². The summed E-state index contributed by atoms with van der Waals surface area (Å²) in [6.45, 7) is 8.68. The summed E-state index contributed by atoms with van der Waals surface area (Å²) < 4.78 is 10.7. The monoisotopic (exact) mass is 254 g/mol. The first-order valence-electron chi connectivity index (χ1n) is 5.78. The highest BCUT2D eigenvalue weighted by Gasteiger charge is 2.13. The normalized spacial score (nSPS) is 16.4. The maximum Gasteiger partial charge on any atom is 0.161 e. The molecule has 0 radical (unpaired) electrons. The smallest absolute Gasteiger partial charge is 0.161 e. The molecule has 2 N–H and O–H groups in total. The van der Waals surface area contributed by atoms with Gasteiger partial charge >= 0.3 is 0 Å². The average Bonchev–Trinajstić information content (AvgIpc) is 2.41. The lowest BCUT2D eigenvalue weighted by Gasteiger charge is -2.20. The minimum Gasteiger partial charge on any atom is -0.487 e. The number of nitrogen functional groups attached to an aromatic ring is 1. The summed E-state index contributed by atoms with van der Waals surface area (Å²) >= 11 is 0. The number of nitrogens with zero attached hydrogens (tertiary/aromatic N) is 1. The summed E-state index contributed by atoms with van der Waals surface area (Å²) in [6.07, 6.45) is 1.72. The Morgan fingerprint density at radius 2 is 2.11 bits per heavy atom. The van der Waals surface area contributed by atoms with Gasteiger partial charge in [-0.15, -0.1) is 0 Å². The predicted molar refractivity (Wildman–Crippen MR) is 73.7 cm³/mol. The average molecular weight is 254 g/mol. The third-order valence-electron chi connectivity index (χ3n) is 2.77. The molecule has 1 saturated heterocycles. The number of anilines is 1. The number of allylic oxidation sites excluding steroid dienone is 2. The second-order valence-corrected chi connectivity index (χ2v) is 4.03. The number of benzene rings is 1. The van der Waals surface area contributed by atoms with Gasteiger partial charge in [-0.2, -0.15) is 5.26 Å². The highest BCUT2D eigenvalue weighted by atomic mass is 16.6. The van der Waals surface area contributed by atoms with E-state index in [4.69, 9.17) is 20.5 Å². The van der Waals surface area contributed by atoms with Gasteiger partial charge in [0.15, 0.2) is 11.5 Å². The van der Waals surface area contributed by atoms with Crippen molar-refractivity contribution in [3.63, 3.8) is 0 Å². The Bertz CT molecular complexity index is 609. The van der Waals surface area contributed by atoms with E-state index in [2.05, 4.69) is 13.2 Å². The highest BCUT2D eigenvalue weighted by molar-refractivity contribution is 5.82. The third-order valence-corrected chi connectivity index (χ3v) is 2.77. The SMILES string of the molecule is C=C1OCCO/C1=C/C(=C)c1cccc(C#N)c1N. The Labute approximate surface area is 112 Å². The highest BCUT2D eigenvalue weighted by Crippen LogP contribution is 2.27. The molecule has 0 saturated carbocycles. The first kappa shape index (κ1) is 12.8. The molecule has 0 bridgehead atoms. The molecule has 0 aromatic heterocycles. The standard InChI is InChI=1S/C15H14N2O2/c1-10(8-14-11(2)18-6-7-19-14)13-5-3-4-12(9-16)15(13)17/h3-5,8H,1-2,6-7,17H2/b14-8+. The summed E-state index contributed by atoms with van der Waals surface area (Å²) in [5.74, 6) is 1.01. The van der Waals surface area contributed by atoms with Crippen LogP contribution in [0.2, 0.25) is 0 Å². The predicted octanol–water partition coefficient (Wildman–Crippen LogP) is 2.60. The van der Waals surface area contributed by atoms with E-state index in [-0.39, 0.29) is 0 Å². The quantitative estimate of drug-likeness (QED) is 0.824. The molecule has 4 nitrogen and oxygen atoms in total. The Balaban J connectivity index is 2.33. The zero-order valence-corrected chi connectivity index (χ0v) is 10.5.